The van der Waals surface area contributed by atoms with Gasteiger partial charge in [-0.25, -0.2) is 4.72 Å². The van der Waals surface area contributed by atoms with Crippen LogP contribution in [0.4, 0.5) is 5.69 Å². The van der Waals surface area contributed by atoms with Crippen LogP contribution in [0, 0.1) is 5.92 Å². The van der Waals surface area contributed by atoms with Crippen molar-refractivity contribution in [2.45, 2.75) is 19.3 Å². The van der Waals surface area contributed by atoms with Gasteiger partial charge in [-0.15, -0.1) is 12.4 Å². The van der Waals surface area contributed by atoms with Crippen LogP contribution in [-0.2, 0) is 16.6 Å². The fraction of sp³-hybridized carbons (Fsp3) is 0.538. The van der Waals surface area contributed by atoms with Crippen LogP contribution in [0.25, 0.3) is 0 Å². The Morgan fingerprint density at radius 1 is 1.30 bits per heavy atom. The average molecular weight is 320 g/mol. The first-order chi connectivity index (χ1) is 8.97. The summed E-state index contributed by atoms with van der Waals surface area (Å²) in [6, 6.07) is 7.47. The van der Waals surface area contributed by atoms with E-state index in [9.17, 15) is 8.42 Å². The molecule has 0 atom stereocenters. The van der Waals surface area contributed by atoms with Gasteiger partial charge in [0.1, 0.15) is 0 Å². The Kier molecular flexibility index (Phi) is 6.26. The van der Waals surface area contributed by atoms with Crippen LogP contribution in [0.5, 0.6) is 0 Å². The number of hydrogen-bond acceptors (Lipinski definition) is 3. The molecule has 0 bridgehead atoms. The standard InChI is InChI=1S/C13H21N3O2S.ClH/c1-16(10-12-2-3-12)19(17,18)15-9-8-11-4-6-13(14)7-5-11;/h4-7,12,15H,2-3,8-10,14H2,1H3;1H. The van der Waals surface area contributed by atoms with Gasteiger partial charge in [0.15, 0.2) is 0 Å². The van der Waals surface area contributed by atoms with E-state index in [1.807, 2.05) is 24.3 Å². The summed E-state index contributed by atoms with van der Waals surface area (Å²) in [6.45, 7) is 1.03. The number of rotatable bonds is 7. The number of hydrogen-bond donors (Lipinski definition) is 2. The zero-order chi connectivity index (χ0) is 13.9. The van der Waals surface area contributed by atoms with Gasteiger partial charge in [0.25, 0.3) is 10.2 Å². The van der Waals surface area contributed by atoms with E-state index in [0.717, 1.165) is 18.4 Å². The first-order valence-electron chi connectivity index (χ1n) is 6.53. The molecule has 5 nitrogen and oxygen atoms in total. The average Bonchev–Trinajstić information content (AvgIpc) is 3.15. The summed E-state index contributed by atoms with van der Waals surface area (Å²) in [7, 11) is -1.71. The Labute approximate surface area is 127 Å². The van der Waals surface area contributed by atoms with E-state index < -0.39 is 10.2 Å². The molecule has 0 spiro atoms. The van der Waals surface area contributed by atoms with Gasteiger partial charge in [-0.3, -0.25) is 0 Å². The van der Waals surface area contributed by atoms with Crippen molar-refractivity contribution in [3.05, 3.63) is 29.8 Å². The molecule has 0 amide bonds. The Bertz CT molecular complexity index is 515. The summed E-state index contributed by atoms with van der Waals surface area (Å²) in [5.74, 6) is 0.554. The third-order valence-electron chi connectivity index (χ3n) is 3.30. The molecular formula is C13H22ClN3O2S. The Morgan fingerprint density at radius 2 is 1.90 bits per heavy atom. The highest BCUT2D eigenvalue weighted by Crippen LogP contribution is 2.29. The van der Waals surface area contributed by atoms with E-state index in [2.05, 4.69) is 4.72 Å². The third-order valence-corrected chi connectivity index (χ3v) is 4.84. The van der Waals surface area contributed by atoms with E-state index in [4.69, 9.17) is 5.73 Å². The van der Waals surface area contributed by atoms with Crippen LogP contribution in [0.15, 0.2) is 24.3 Å². The minimum absolute atomic E-state index is 0. The Hall–Kier alpha value is -0.820. The maximum atomic E-state index is 11.9. The van der Waals surface area contributed by atoms with Crippen molar-refractivity contribution in [2.75, 3.05) is 25.9 Å². The van der Waals surface area contributed by atoms with E-state index in [1.165, 1.54) is 4.31 Å². The Morgan fingerprint density at radius 3 is 2.45 bits per heavy atom. The number of nitrogens with one attached hydrogen (secondary N) is 1. The fourth-order valence-electron chi connectivity index (χ4n) is 1.88. The summed E-state index contributed by atoms with van der Waals surface area (Å²) in [5.41, 5.74) is 7.39. The van der Waals surface area contributed by atoms with E-state index in [-0.39, 0.29) is 12.4 Å². The molecule has 1 aliphatic rings. The predicted octanol–water partition coefficient (Wildman–Crippen LogP) is 1.41. The highest BCUT2D eigenvalue weighted by molar-refractivity contribution is 7.87. The largest absolute Gasteiger partial charge is 0.399 e. The molecule has 0 saturated heterocycles. The molecule has 1 aromatic carbocycles. The SMILES string of the molecule is CN(CC1CC1)S(=O)(=O)NCCc1ccc(N)cc1.Cl. The van der Waals surface area contributed by atoms with Crippen molar-refractivity contribution >= 4 is 28.3 Å². The first-order valence-corrected chi connectivity index (χ1v) is 7.97. The quantitative estimate of drug-likeness (QED) is 0.746. The van der Waals surface area contributed by atoms with Gasteiger partial charge in [0, 0.05) is 25.8 Å². The summed E-state index contributed by atoms with van der Waals surface area (Å²) in [5, 5.41) is 0. The lowest BCUT2D eigenvalue weighted by molar-refractivity contribution is 0.443. The van der Waals surface area contributed by atoms with Crippen molar-refractivity contribution in [3.8, 4) is 0 Å². The van der Waals surface area contributed by atoms with Crippen LogP contribution in [-0.4, -0.2) is 32.9 Å². The minimum atomic E-state index is -3.34. The number of benzene rings is 1. The summed E-state index contributed by atoms with van der Waals surface area (Å²) in [6.07, 6.45) is 2.95. The molecule has 114 valence electrons. The molecule has 0 radical (unpaired) electrons. The van der Waals surface area contributed by atoms with E-state index in [0.29, 0.717) is 31.1 Å². The number of nitrogens with zero attached hydrogens (tertiary/aromatic N) is 1. The first kappa shape index (κ1) is 17.2. The smallest absolute Gasteiger partial charge is 0.279 e. The van der Waals surface area contributed by atoms with Crippen molar-refractivity contribution in [1.82, 2.24) is 9.03 Å². The topological polar surface area (TPSA) is 75.4 Å². The lowest BCUT2D eigenvalue weighted by Gasteiger charge is -2.17. The van der Waals surface area contributed by atoms with Crippen molar-refractivity contribution in [1.29, 1.82) is 0 Å². The van der Waals surface area contributed by atoms with Crippen LogP contribution in [0.2, 0.25) is 0 Å². The number of anilines is 1. The number of nitrogens with two attached hydrogens (primary N) is 1. The minimum Gasteiger partial charge on any atom is -0.399 e. The molecule has 3 N–H and O–H groups in total. The second-order valence-electron chi connectivity index (χ2n) is 5.11. The highest BCUT2D eigenvalue weighted by atomic mass is 35.5. The lowest BCUT2D eigenvalue weighted by Crippen LogP contribution is -2.40. The third kappa shape index (κ3) is 5.28. The molecule has 1 saturated carbocycles. The number of nitrogen functional groups attached to an aromatic ring is 1. The molecule has 0 aromatic heterocycles. The van der Waals surface area contributed by atoms with E-state index in [1.54, 1.807) is 7.05 Å². The van der Waals surface area contributed by atoms with Gasteiger partial charge < -0.3 is 5.73 Å². The summed E-state index contributed by atoms with van der Waals surface area (Å²) in [4.78, 5) is 0. The van der Waals surface area contributed by atoms with Crippen molar-refractivity contribution in [3.63, 3.8) is 0 Å². The molecule has 1 aliphatic carbocycles. The van der Waals surface area contributed by atoms with E-state index >= 15 is 0 Å². The molecule has 1 fully saturated rings. The highest BCUT2D eigenvalue weighted by Gasteiger charge is 2.27. The summed E-state index contributed by atoms with van der Waals surface area (Å²) >= 11 is 0. The lowest BCUT2D eigenvalue weighted by atomic mass is 10.1. The number of halogens is 1. The van der Waals surface area contributed by atoms with Gasteiger partial charge >= 0.3 is 0 Å². The van der Waals surface area contributed by atoms with Crippen LogP contribution < -0.4 is 10.5 Å². The van der Waals surface area contributed by atoms with Gasteiger partial charge in [0.2, 0.25) is 0 Å². The molecule has 0 heterocycles. The van der Waals surface area contributed by atoms with Gasteiger partial charge in [-0.2, -0.15) is 12.7 Å². The van der Waals surface area contributed by atoms with Crippen LogP contribution >= 0.6 is 12.4 Å². The molecule has 0 aliphatic heterocycles. The summed E-state index contributed by atoms with van der Waals surface area (Å²) < 4.78 is 27.9. The Balaban J connectivity index is 0.00000200. The molecule has 0 unspecified atom stereocenters. The normalized spacial score (nSPS) is 15.1. The maximum absolute atomic E-state index is 11.9. The molecular weight excluding hydrogens is 298 g/mol. The molecule has 2 rings (SSSR count). The second-order valence-corrected chi connectivity index (χ2v) is 6.98. The zero-order valence-corrected chi connectivity index (χ0v) is 13.2. The van der Waals surface area contributed by atoms with Gasteiger partial charge in [-0.05, 0) is 42.9 Å². The van der Waals surface area contributed by atoms with Crippen LogP contribution in [0.1, 0.15) is 18.4 Å². The van der Waals surface area contributed by atoms with Crippen molar-refractivity contribution < 1.29 is 8.42 Å². The van der Waals surface area contributed by atoms with Gasteiger partial charge in [0.05, 0.1) is 0 Å². The fourth-order valence-corrected chi connectivity index (χ4v) is 2.87. The predicted molar refractivity (Wildman–Crippen MR) is 84.1 cm³/mol. The maximum Gasteiger partial charge on any atom is 0.279 e. The van der Waals surface area contributed by atoms with Crippen molar-refractivity contribution in [2.24, 2.45) is 5.92 Å². The van der Waals surface area contributed by atoms with Crippen LogP contribution in [0.3, 0.4) is 0 Å². The monoisotopic (exact) mass is 319 g/mol. The zero-order valence-electron chi connectivity index (χ0n) is 11.6. The molecule has 20 heavy (non-hydrogen) atoms. The van der Waals surface area contributed by atoms with Gasteiger partial charge in [-0.1, -0.05) is 12.1 Å². The molecule has 1 aromatic rings. The molecule has 7 heteroatoms. The second kappa shape index (κ2) is 7.26.